The topological polar surface area (TPSA) is 0 Å². The first-order valence-corrected chi connectivity index (χ1v) is 7.09. The van der Waals surface area contributed by atoms with E-state index >= 15 is 0 Å². The van der Waals surface area contributed by atoms with E-state index in [2.05, 4.69) is 15.9 Å². The molecule has 0 nitrogen and oxygen atoms in total. The monoisotopic (exact) mass is 302 g/mol. The summed E-state index contributed by atoms with van der Waals surface area (Å²) in [7, 11) is 0. The lowest BCUT2D eigenvalue weighted by Gasteiger charge is -2.16. The highest BCUT2D eigenvalue weighted by Crippen LogP contribution is 2.38. The van der Waals surface area contributed by atoms with Crippen molar-refractivity contribution < 1.29 is 8.78 Å². The molecule has 0 amide bonds. The number of rotatable bonds is 3. The Morgan fingerprint density at radius 1 is 1.24 bits per heavy atom. The van der Waals surface area contributed by atoms with Gasteiger partial charge >= 0.3 is 0 Å². The first-order valence-electron chi connectivity index (χ1n) is 6.17. The van der Waals surface area contributed by atoms with Gasteiger partial charge in [0.15, 0.2) is 0 Å². The largest absolute Gasteiger partial charge is 0.207 e. The summed E-state index contributed by atoms with van der Waals surface area (Å²) in [6, 6.07) is 2.62. The van der Waals surface area contributed by atoms with Gasteiger partial charge in [0.2, 0.25) is 0 Å². The number of alkyl halides is 1. The highest BCUT2D eigenvalue weighted by atomic mass is 79.9. The lowest BCUT2D eigenvalue weighted by Crippen LogP contribution is -2.03. The zero-order chi connectivity index (χ0) is 12.4. The molecular formula is C14H17BrF2. The molecule has 2 rings (SSSR count). The van der Waals surface area contributed by atoms with E-state index in [1.165, 1.54) is 25.7 Å². The molecule has 94 valence electrons. The quantitative estimate of drug-likeness (QED) is 0.666. The summed E-state index contributed by atoms with van der Waals surface area (Å²) in [6.07, 6.45) is 6.00. The Morgan fingerprint density at radius 3 is 2.53 bits per heavy atom. The fraction of sp³-hybridized carbons (Fsp3) is 0.571. The van der Waals surface area contributed by atoms with E-state index in [9.17, 15) is 8.78 Å². The van der Waals surface area contributed by atoms with Crippen molar-refractivity contribution in [3.05, 3.63) is 34.9 Å². The molecule has 1 aromatic rings. The predicted molar refractivity (Wildman–Crippen MR) is 69.3 cm³/mol. The first-order chi connectivity index (χ1) is 8.08. The minimum atomic E-state index is -0.466. The third kappa shape index (κ3) is 3.06. The van der Waals surface area contributed by atoms with E-state index < -0.39 is 11.6 Å². The van der Waals surface area contributed by atoms with Crippen molar-refractivity contribution in [2.24, 2.45) is 5.92 Å². The van der Waals surface area contributed by atoms with Crippen molar-refractivity contribution in [1.29, 1.82) is 0 Å². The molecule has 1 aliphatic rings. The van der Waals surface area contributed by atoms with Crippen LogP contribution in [-0.4, -0.2) is 0 Å². The Morgan fingerprint density at radius 2 is 1.88 bits per heavy atom. The van der Waals surface area contributed by atoms with Crippen molar-refractivity contribution in [2.75, 3.05) is 0 Å². The van der Waals surface area contributed by atoms with Crippen LogP contribution in [0.25, 0.3) is 0 Å². The zero-order valence-electron chi connectivity index (χ0n) is 9.98. The smallest absolute Gasteiger partial charge is 0.130 e. The van der Waals surface area contributed by atoms with E-state index in [1.807, 2.05) is 0 Å². The molecule has 0 aromatic heterocycles. The van der Waals surface area contributed by atoms with Crippen LogP contribution in [0.2, 0.25) is 0 Å². The van der Waals surface area contributed by atoms with Crippen LogP contribution < -0.4 is 0 Å². The second-order valence-corrected chi connectivity index (χ2v) is 6.08. The van der Waals surface area contributed by atoms with E-state index in [-0.39, 0.29) is 4.83 Å². The number of hydrogen-bond acceptors (Lipinski definition) is 0. The molecule has 1 atom stereocenters. The third-order valence-electron chi connectivity index (χ3n) is 3.63. The van der Waals surface area contributed by atoms with Crippen LogP contribution >= 0.6 is 15.9 Å². The molecule has 0 spiro atoms. The fourth-order valence-electron chi connectivity index (χ4n) is 2.59. The molecule has 0 N–H and O–H groups in total. The maximum atomic E-state index is 13.7. The van der Waals surface area contributed by atoms with Gasteiger partial charge in [-0.15, -0.1) is 0 Å². The van der Waals surface area contributed by atoms with Gasteiger partial charge in [0.1, 0.15) is 11.6 Å². The van der Waals surface area contributed by atoms with Gasteiger partial charge in [-0.2, -0.15) is 0 Å². The second kappa shape index (κ2) is 5.47. The first kappa shape index (κ1) is 13.0. The Balaban J connectivity index is 2.12. The van der Waals surface area contributed by atoms with Crippen LogP contribution in [-0.2, 0) is 0 Å². The molecule has 1 saturated carbocycles. The van der Waals surface area contributed by atoms with Crippen LogP contribution in [0.5, 0.6) is 0 Å². The molecule has 1 aromatic carbocycles. The normalized spacial score (nSPS) is 18.6. The summed E-state index contributed by atoms with van der Waals surface area (Å²) in [4.78, 5) is 0.00454. The predicted octanol–water partition coefficient (Wildman–Crippen LogP) is 5.29. The maximum absolute atomic E-state index is 13.7. The van der Waals surface area contributed by atoms with Gasteiger partial charge < -0.3 is 0 Å². The zero-order valence-corrected chi connectivity index (χ0v) is 11.6. The van der Waals surface area contributed by atoms with Gasteiger partial charge in [0, 0.05) is 16.5 Å². The lowest BCUT2D eigenvalue weighted by molar-refractivity contribution is 0.490. The van der Waals surface area contributed by atoms with Gasteiger partial charge in [-0.25, -0.2) is 8.78 Å². The third-order valence-corrected chi connectivity index (χ3v) is 4.50. The van der Waals surface area contributed by atoms with Crippen molar-refractivity contribution in [3.8, 4) is 0 Å². The van der Waals surface area contributed by atoms with Crippen LogP contribution in [0, 0.1) is 24.5 Å². The van der Waals surface area contributed by atoms with E-state index in [4.69, 9.17) is 0 Å². The number of benzene rings is 1. The van der Waals surface area contributed by atoms with Crippen LogP contribution in [0.3, 0.4) is 0 Å². The number of halogens is 3. The molecule has 0 aliphatic heterocycles. The van der Waals surface area contributed by atoms with Gasteiger partial charge in [0.05, 0.1) is 0 Å². The van der Waals surface area contributed by atoms with Gasteiger partial charge in [0.25, 0.3) is 0 Å². The lowest BCUT2D eigenvalue weighted by atomic mass is 9.97. The van der Waals surface area contributed by atoms with Crippen molar-refractivity contribution in [2.45, 2.75) is 43.9 Å². The average molecular weight is 303 g/mol. The van der Waals surface area contributed by atoms with Crippen LogP contribution in [0.1, 0.15) is 48.1 Å². The summed E-state index contributed by atoms with van der Waals surface area (Å²) in [6.45, 7) is 1.67. The van der Waals surface area contributed by atoms with E-state index in [0.717, 1.165) is 12.5 Å². The fourth-order valence-corrected chi connectivity index (χ4v) is 3.46. The second-order valence-electron chi connectivity index (χ2n) is 4.98. The number of aryl methyl sites for hydroxylation is 1. The highest BCUT2D eigenvalue weighted by Gasteiger charge is 2.22. The van der Waals surface area contributed by atoms with Crippen LogP contribution in [0.15, 0.2) is 12.1 Å². The molecular weight excluding hydrogens is 286 g/mol. The molecule has 3 heteroatoms. The molecule has 1 aliphatic carbocycles. The minimum Gasteiger partial charge on any atom is -0.207 e. The summed E-state index contributed by atoms with van der Waals surface area (Å²) >= 11 is 3.54. The SMILES string of the molecule is Cc1cc(C(Br)CC2CCCC2)c(F)cc1F. The number of hydrogen-bond donors (Lipinski definition) is 0. The molecule has 1 fully saturated rings. The van der Waals surface area contributed by atoms with Gasteiger partial charge in [-0.3, -0.25) is 0 Å². The highest BCUT2D eigenvalue weighted by molar-refractivity contribution is 9.09. The molecule has 0 heterocycles. The van der Waals surface area contributed by atoms with Crippen molar-refractivity contribution in [3.63, 3.8) is 0 Å². The summed E-state index contributed by atoms with van der Waals surface area (Å²) in [5, 5.41) is 0. The Bertz CT molecular complexity index is 397. The molecule has 17 heavy (non-hydrogen) atoms. The molecule has 0 saturated heterocycles. The maximum Gasteiger partial charge on any atom is 0.130 e. The van der Waals surface area contributed by atoms with Crippen molar-refractivity contribution in [1.82, 2.24) is 0 Å². The Labute approximate surface area is 110 Å². The molecule has 1 unspecified atom stereocenters. The summed E-state index contributed by atoms with van der Waals surface area (Å²) < 4.78 is 26.9. The Kier molecular flexibility index (Phi) is 4.18. The minimum absolute atomic E-state index is 0.00454. The van der Waals surface area contributed by atoms with Gasteiger partial charge in [-0.1, -0.05) is 41.6 Å². The standard InChI is InChI=1S/C14H17BrF2/c1-9-6-11(14(17)8-13(9)16)12(15)7-10-4-2-3-5-10/h6,8,10,12H,2-5,7H2,1H3. The average Bonchev–Trinajstić information content (AvgIpc) is 2.76. The van der Waals surface area contributed by atoms with Crippen molar-refractivity contribution >= 4 is 15.9 Å². The Hall–Kier alpha value is -0.440. The van der Waals surface area contributed by atoms with E-state index in [0.29, 0.717) is 17.0 Å². The van der Waals surface area contributed by atoms with Gasteiger partial charge in [-0.05, 0) is 30.9 Å². The van der Waals surface area contributed by atoms with E-state index in [1.54, 1.807) is 13.0 Å². The summed E-state index contributed by atoms with van der Waals surface area (Å²) in [5.41, 5.74) is 1.10. The van der Waals surface area contributed by atoms with Crippen LogP contribution in [0.4, 0.5) is 8.78 Å². The molecule has 0 bridgehead atoms. The molecule has 0 radical (unpaired) electrons. The summed E-state index contributed by atoms with van der Waals surface area (Å²) in [5.74, 6) is -0.219.